The third-order valence-electron chi connectivity index (χ3n) is 4.50. The molecule has 1 fully saturated rings. The number of hydrogen-bond donors (Lipinski definition) is 7. The van der Waals surface area contributed by atoms with Crippen molar-refractivity contribution < 1.29 is 47.6 Å². The Balaban J connectivity index is 1.91. The molecule has 1 unspecified atom stereocenters. The predicted molar refractivity (Wildman–Crippen MR) is 103 cm³/mol. The number of nitrogens with two attached hydrogens (primary N) is 2. The van der Waals surface area contributed by atoms with Crippen LogP contribution in [-0.2, 0) is 22.7 Å². The lowest BCUT2D eigenvalue weighted by Crippen LogP contribution is -2.44. The molecule has 2 aromatic rings. The van der Waals surface area contributed by atoms with E-state index in [2.05, 4.69) is 23.9 Å². The van der Waals surface area contributed by atoms with Gasteiger partial charge in [-0.05, 0) is 6.92 Å². The largest absolute Gasteiger partial charge is 0.481 e. The maximum absolute atomic E-state index is 11.7. The van der Waals surface area contributed by atoms with E-state index >= 15 is 0 Å². The third kappa shape index (κ3) is 4.78. The molecule has 0 bridgehead atoms. The summed E-state index contributed by atoms with van der Waals surface area (Å²) in [6.07, 6.45) is -0.483. The van der Waals surface area contributed by atoms with Crippen LogP contribution in [-0.4, -0.2) is 70.1 Å². The number of nitrogens with zero attached hydrogens (tertiary/aromatic N) is 4. The van der Waals surface area contributed by atoms with Gasteiger partial charge in [0.05, 0.1) is 18.2 Å². The second-order valence-corrected chi connectivity index (χ2v) is 9.59. The number of hydrazone groups is 1. The summed E-state index contributed by atoms with van der Waals surface area (Å²) in [6, 6.07) is 0. The highest BCUT2D eigenvalue weighted by atomic mass is 31.3. The van der Waals surface area contributed by atoms with Gasteiger partial charge in [-0.25, -0.2) is 19.1 Å². The highest BCUT2D eigenvalue weighted by Crippen LogP contribution is 2.58. The van der Waals surface area contributed by atoms with E-state index in [9.17, 15) is 24.2 Å². The van der Waals surface area contributed by atoms with Crippen molar-refractivity contribution in [2.45, 2.75) is 31.0 Å². The van der Waals surface area contributed by atoms with Gasteiger partial charge in [-0.3, -0.25) is 4.52 Å². The van der Waals surface area contributed by atoms with E-state index in [-0.39, 0.29) is 11.5 Å². The zero-order chi connectivity index (χ0) is 23.2. The van der Waals surface area contributed by atoms with Crippen molar-refractivity contribution in [2.75, 3.05) is 12.3 Å². The molecule has 3 heterocycles. The molecule has 172 valence electrons. The van der Waals surface area contributed by atoms with Gasteiger partial charge in [0.2, 0.25) is 0 Å². The fraction of sp³-hybridized carbons (Fsp3) is 0.462. The zero-order valence-electron chi connectivity index (χ0n) is 15.8. The number of rotatable bonds is 7. The Kier molecular flexibility index (Phi) is 6.25. The second-order valence-electron chi connectivity index (χ2n) is 6.76. The molecule has 1 aliphatic heterocycles. The molecule has 1 saturated heterocycles. The van der Waals surface area contributed by atoms with Crippen LogP contribution < -0.4 is 11.6 Å². The van der Waals surface area contributed by atoms with Gasteiger partial charge >= 0.3 is 15.6 Å². The molecule has 0 saturated carbocycles. The first kappa shape index (κ1) is 23.7. The summed E-state index contributed by atoms with van der Waals surface area (Å²) in [7, 11) is -10.5. The number of anilines is 1. The summed E-state index contributed by atoms with van der Waals surface area (Å²) >= 11 is 0. The molecule has 0 radical (unpaired) electrons. The van der Waals surface area contributed by atoms with Gasteiger partial charge in [-0.1, -0.05) is 0 Å². The molecule has 18 heteroatoms. The van der Waals surface area contributed by atoms with E-state index < -0.39 is 46.3 Å². The van der Waals surface area contributed by atoms with Crippen molar-refractivity contribution in [3.05, 3.63) is 18.1 Å². The first-order valence-corrected chi connectivity index (χ1v) is 11.4. The minimum Gasteiger partial charge on any atom is -0.387 e. The number of aliphatic hydroxyl groups excluding tert-OH is 1. The van der Waals surface area contributed by atoms with Crippen LogP contribution in [0.5, 0.6) is 0 Å². The summed E-state index contributed by atoms with van der Waals surface area (Å²) in [6.45, 7) is 0.384. The van der Waals surface area contributed by atoms with E-state index in [1.807, 2.05) is 0 Å². The summed E-state index contributed by atoms with van der Waals surface area (Å²) in [5, 5.41) is 25.1. The smallest absolute Gasteiger partial charge is 0.387 e. The number of nitrogen functional groups attached to an aromatic ring is 1. The fourth-order valence-electron chi connectivity index (χ4n) is 3.20. The third-order valence-corrected chi connectivity index (χ3v) is 6.65. The number of ether oxygens (including phenoxy) is 1. The maximum Gasteiger partial charge on any atom is 0.481 e. The molecule has 0 aromatic carbocycles. The Labute approximate surface area is 173 Å². The Morgan fingerprint density at radius 1 is 1.39 bits per heavy atom. The van der Waals surface area contributed by atoms with Crippen LogP contribution >= 0.6 is 15.6 Å². The van der Waals surface area contributed by atoms with Crippen molar-refractivity contribution in [1.82, 2.24) is 14.5 Å². The lowest BCUT2D eigenvalue weighted by molar-refractivity contribution is -0.0947. The normalized spacial score (nSPS) is 29.0. The van der Waals surface area contributed by atoms with Gasteiger partial charge in [-0.15, -0.1) is 0 Å². The van der Waals surface area contributed by atoms with E-state index in [1.165, 1.54) is 30.2 Å². The average molecular weight is 482 g/mol. The van der Waals surface area contributed by atoms with E-state index in [4.69, 9.17) is 26.1 Å². The van der Waals surface area contributed by atoms with E-state index in [1.54, 1.807) is 0 Å². The number of aliphatic hydroxyl groups is 2. The van der Waals surface area contributed by atoms with Crippen molar-refractivity contribution in [3.8, 4) is 0 Å². The summed E-state index contributed by atoms with van der Waals surface area (Å²) < 4.78 is 37.5. The van der Waals surface area contributed by atoms with Crippen molar-refractivity contribution in [1.29, 1.82) is 0 Å². The van der Waals surface area contributed by atoms with Crippen molar-refractivity contribution in [3.63, 3.8) is 0 Å². The molecule has 0 spiro atoms. The van der Waals surface area contributed by atoms with Crippen LogP contribution in [0.2, 0.25) is 0 Å². The van der Waals surface area contributed by atoms with E-state index in [0.717, 1.165) is 0 Å². The van der Waals surface area contributed by atoms with Gasteiger partial charge < -0.3 is 45.8 Å². The molecule has 3 rings (SSSR count). The standard InChI is InChI=1S/C13H20N6O10P2/c1-13(21)9(20)7(4-27-31(25,26)29-30(22,23)24)28-12(13)19-3-6(2-18-15)8-10(14)16-5-17-11(8)19/h2-3,5,7,9,12,20-21H,4,15H2,1H3,(H,25,26)(H2,14,16,17)(H2,22,23,24)/b18-2+/t7-,9-,12-,13-/m1/s1. The van der Waals surface area contributed by atoms with Crippen LogP contribution in [0.4, 0.5) is 5.82 Å². The molecule has 2 aromatic heterocycles. The quantitative estimate of drug-likeness (QED) is 0.103. The van der Waals surface area contributed by atoms with Crippen LogP contribution in [0.3, 0.4) is 0 Å². The SMILES string of the molecule is C[C@@]1(O)[C@H](O)[C@@H](COP(=O)(O)OP(=O)(O)O)O[C@H]1n1cc(/C=N/N)c2c(N)ncnc21. The first-order valence-electron chi connectivity index (χ1n) is 8.41. The van der Waals surface area contributed by atoms with Gasteiger partial charge in [-0.2, -0.15) is 9.41 Å². The highest BCUT2D eigenvalue weighted by Gasteiger charge is 2.54. The highest BCUT2D eigenvalue weighted by molar-refractivity contribution is 7.60. The molecular weight excluding hydrogens is 462 g/mol. The summed E-state index contributed by atoms with van der Waals surface area (Å²) in [5.74, 6) is 5.30. The lowest BCUT2D eigenvalue weighted by Gasteiger charge is -2.27. The Hall–Kier alpha value is -1.97. The molecule has 31 heavy (non-hydrogen) atoms. The number of hydrogen-bond acceptors (Lipinski definition) is 12. The topological polar surface area (TPSA) is 258 Å². The molecule has 0 amide bonds. The van der Waals surface area contributed by atoms with Crippen molar-refractivity contribution >= 4 is 38.7 Å². The van der Waals surface area contributed by atoms with Crippen molar-refractivity contribution in [2.24, 2.45) is 10.9 Å². The summed E-state index contributed by atoms with van der Waals surface area (Å²) in [4.78, 5) is 34.7. The molecule has 9 N–H and O–H groups in total. The second kappa shape index (κ2) is 8.18. The Bertz CT molecular complexity index is 1100. The molecule has 16 nitrogen and oxygen atoms in total. The molecular formula is C13H20N6O10P2. The number of fused-ring (bicyclic) bond motifs is 1. The van der Waals surface area contributed by atoms with Crippen LogP contribution in [0.25, 0.3) is 11.0 Å². The molecule has 0 aliphatic carbocycles. The van der Waals surface area contributed by atoms with Crippen LogP contribution in [0.1, 0.15) is 18.7 Å². The van der Waals surface area contributed by atoms with Gasteiger partial charge in [0, 0.05) is 11.8 Å². The fourth-order valence-corrected chi connectivity index (χ4v) is 4.80. The average Bonchev–Trinajstić information content (AvgIpc) is 3.09. The van der Waals surface area contributed by atoms with Crippen LogP contribution in [0, 0.1) is 0 Å². The monoisotopic (exact) mass is 482 g/mol. The van der Waals surface area contributed by atoms with Gasteiger partial charge in [0.25, 0.3) is 0 Å². The van der Waals surface area contributed by atoms with E-state index in [0.29, 0.717) is 10.9 Å². The van der Waals surface area contributed by atoms with Crippen LogP contribution in [0.15, 0.2) is 17.6 Å². The zero-order valence-corrected chi connectivity index (χ0v) is 17.6. The number of phosphoric ester groups is 1. The number of phosphoric acid groups is 2. The van der Waals surface area contributed by atoms with Gasteiger partial charge in [0.15, 0.2) is 6.23 Å². The minimum absolute atomic E-state index is 0.0903. The molecule has 5 atom stereocenters. The Morgan fingerprint density at radius 3 is 2.68 bits per heavy atom. The lowest BCUT2D eigenvalue weighted by atomic mass is 9.96. The number of aromatic nitrogens is 3. The summed E-state index contributed by atoms with van der Waals surface area (Å²) in [5.41, 5.74) is 4.52. The molecule has 1 aliphatic rings. The maximum atomic E-state index is 11.7. The predicted octanol–water partition coefficient (Wildman–Crippen LogP) is -1.46. The van der Waals surface area contributed by atoms with Gasteiger partial charge in [0.1, 0.15) is 35.6 Å². The Morgan fingerprint density at radius 2 is 2.06 bits per heavy atom. The minimum atomic E-state index is -5.33. The first-order chi connectivity index (χ1) is 14.3.